The van der Waals surface area contributed by atoms with E-state index in [9.17, 15) is 4.39 Å². The molecule has 0 atom stereocenters. The Morgan fingerprint density at radius 3 is 2.63 bits per heavy atom. The number of hydrogen-bond acceptors (Lipinski definition) is 2. The molecule has 1 aromatic heterocycles. The van der Waals surface area contributed by atoms with Crippen LogP contribution in [-0.4, -0.2) is 6.04 Å². The molecule has 0 fully saturated rings. The first-order valence-electron chi connectivity index (χ1n) is 6.26. The van der Waals surface area contributed by atoms with Gasteiger partial charge in [-0.15, -0.1) is 22.9 Å². The van der Waals surface area contributed by atoms with Gasteiger partial charge in [0.2, 0.25) is 0 Å². The highest BCUT2D eigenvalue weighted by atomic mass is 35.5. The van der Waals surface area contributed by atoms with Crippen molar-refractivity contribution in [2.75, 3.05) is 4.90 Å². The SMILES string of the molecule is CC(C)N(Cc1cccs1)c1c(F)cccc1CCl. The van der Waals surface area contributed by atoms with Crippen LogP contribution in [0.4, 0.5) is 10.1 Å². The van der Waals surface area contributed by atoms with E-state index in [4.69, 9.17) is 11.6 Å². The summed E-state index contributed by atoms with van der Waals surface area (Å²) in [4.78, 5) is 3.29. The van der Waals surface area contributed by atoms with E-state index in [0.29, 0.717) is 18.1 Å². The maximum absolute atomic E-state index is 14.2. The van der Waals surface area contributed by atoms with Crippen LogP contribution in [0.2, 0.25) is 0 Å². The number of thiophene rings is 1. The van der Waals surface area contributed by atoms with Gasteiger partial charge in [0.25, 0.3) is 0 Å². The molecule has 0 aliphatic rings. The zero-order valence-corrected chi connectivity index (χ0v) is 12.6. The Balaban J connectivity index is 2.39. The molecule has 0 N–H and O–H groups in total. The molecular formula is C15H17ClFNS. The number of benzene rings is 1. The van der Waals surface area contributed by atoms with E-state index in [-0.39, 0.29) is 11.9 Å². The number of alkyl halides is 1. The van der Waals surface area contributed by atoms with Crippen LogP contribution in [0.15, 0.2) is 35.7 Å². The Hall–Kier alpha value is -1.06. The fourth-order valence-electron chi connectivity index (χ4n) is 2.08. The van der Waals surface area contributed by atoms with Gasteiger partial charge in [0.15, 0.2) is 0 Å². The lowest BCUT2D eigenvalue weighted by molar-refractivity contribution is 0.597. The van der Waals surface area contributed by atoms with Crippen molar-refractivity contribution in [1.29, 1.82) is 0 Å². The molecule has 102 valence electrons. The molecule has 0 amide bonds. The number of nitrogens with zero attached hydrogens (tertiary/aromatic N) is 1. The molecular weight excluding hydrogens is 281 g/mol. The third-order valence-electron chi connectivity index (χ3n) is 3.03. The fourth-order valence-corrected chi connectivity index (χ4v) is 3.00. The highest BCUT2D eigenvalue weighted by molar-refractivity contribution is 7.09. The summed E-state index contributed by atoms with van der Waals surface area (Å²) in [7, 11) is 0. The fraction of sp³-hybridized carbons (Fsp3) is 0.333. The molecule has 19 heavy (non-hydrogen) atoms. The molecule has 0 aliphatic carbocycles. The maximum Gasteiger partial charge on any atom is 0.146 e. The smallest absolute Gasteiger partial charge is 0.146 e. The molecule has 0 bridgehead atoms. The van der Waals surface area contributed by atoms with Crippen molar-refractivity contribution in [3.05, 3.63) is 52.0 Å². The molecule has 0 aliphatic heterocycles. The standard InChI is InChI=1S/C15H17ClFNS/c1-11(2)18(10-13-6-4-8-19-13)15-12(9-16)5-3-7-14(15)17/h3-8,11H,9-10H2,1-2H3. The topological polar surface area (TPSA) is 3.24 Å². The van der Waals surface area contributed by atoms with E-state index in [1.54, 1.807) is 17.4 Å². The van der Waals surface area contributed by atoms with Crippen molar-refractivity contribution in [3.8, 4) is 0 Å². The first kappa shape index (κ1) is 14.4. The summed E-state index contributed by atoms with van der Waals surface area (Å²) >= 11 is 7.63. The molecule has 0 unspecified atom stereocenters. The molecule has 2 aromatic rings. The zero-order valence-electron chi connectivity index (χ0n) is 11.1. The number of hydrogen-bond donors (Lipinski definition) is 0. The Morgan fingerprint density at radius 1 is 1.26 bits per heavy atom. The summed E-state index contributed by atoms with van der Waals surface area (Å²) in [5.41, 5.74) is 1.47. The average molecular weight is 298 g/mol. The van der Waals surface area contributed by atoms with Crippen LogP contribution in [0.3, 0.4) is 0 Å². The summed E-state index contributed by atoms with van der Waals surface area (Å²) in [6.45, 7) is 4.84. The molecule has 0 saturated carbocycles. The Morgan fingerprint density at radius 2 is 2.05 bits per heavy atom. The van der Waals surface area contributed by atoms with Crippen molar-refractivity contribution in [1.82, 2.24) is 0 Å². The molecule has 0 saturated heterocycles. The number of rotatable bonds is 5. The number of para-hydroxylation sites is 1. The van der Waals surface area contributed by atoms with Crippen molar-refractivity contribution in [2.24, 2.45) is 0 Å². The van der Waals surface area contributed by atoms with E-state index in [1.807, 2.05) is 17.5 Å². The summed E-state index contributed by atoms with van der Waals surface area (Å²) in [6.07, 6.45) is 0. The zero-order chi connectivity index (χ0) is 13.8. The molecule has 0 radical (unpaired) electrons. The maximum atomic E-state index is 14.2. The first-order valence-corrected chi connectivity index (χ1v) is 7.67. The van der Waals surface area contributed by atoms with Gasteiger partial charge in [0, 0.05) is 16.8 Å². The lowest BCUT2D eigenvalue weighted by Gasteiger charge is -2.30. The second-order valence-corrected chi connectivity index (χ2v) is 5.98. The Labute approximate surface area is 122 Å². The van der Waals surface area contributed by atoms with Crippen molar-refractivity contribution >= 4 is 28.6 Å². The van der Waals surface area contributed by atoms with Gasteiger partial charge < -0.3 is 4.90 Å². The predicted molar refractivity (Wildman–Crippen MR) is 81.6 cm³/mol. The highest BCUT2D eigenvalue weighted by Gasteiger charge is 2.19. The lowest BCUT2D eigenvalue weighted by atomic mass is 10.1. The van der Waals surface area contributed by atoms with Crippen molar-refractivity contribution in [3.63, 3.8) is 0 Å². The minimum absolute atomic E-state index is 0.205. The average Bonchev–Trinajstić information content (AvgIpc) is 2.89. The quantitative estimate of drug-likeness (QED) is 0.699. The van der Waals surface area contributed by atoms with Crippen LogP contribution < -0.4 is 4.90 Å². The predicted octanol–water partition coefficient (Wildman–Crippen LogP) is 5.04. The van der Waals surface area contributed by atoms with Crippen LogP contribution >= 0.6 is 22.9 Å². The monoisotopic (exact) mass is 297 g/mol. The second kappa shape index (κ2) is 6.40. The van der Waals surface area contributed by atoms with Crippen LogP contribution in [0.1, 0.15) is 24.3 Å². The minimum atomic E-state index is -0.205. The van der Waals surface area contributed by atoms with Gasteiger partial charge in [-0.3, -0.25) is 0 Å². The Bertz CT molecular complexity index is 525. The molecule has 4 heteroatoms. The van der Waals surface area contributed by atoms with Gasteiger partial charge in [-0.25, -0.2) is 4.39 Å². The molecule has 0 spiro atoms. The van der Waals surface area contributed by atoms with Crippen molar-refractivity contribution < 1.29 is 4.39 Å². The van der Waals surface area contributed by atoms with Crippen LogP contribution in [0, 0.1) is 5.82 Å². The van der Waals surface area contributed by atoms with Gasteiger partial charge in [0.05, 0.1) is 12.2 Å². The van der Waals surface area contributed by atoms with E-state index in [0.717, 1.165) is 5.56 Å². The van der Waals surface area contributed by atoms with Gasteiger partial charge in [0.1, 0.15) is 5.82 Å². The summed E-state index contributed by atoms with van der Waals surface area (Å²) in [6, 6.07) is 9.38. The van der Waals surface area contributed by atoms with Gasteiger partial charge in [-0.1, -0.05) is 18.2 Å². The highest BCUT2D eigenvalue weighted by Crippen LogP contribution is 2.29. The minimum Gasteiger partial charge on any atom is -0.361 e. The molecule has 1 nitrogen and oxygen atoms in total. The summed E-state index contributed by atoms with van der Waals surface area (Å²) in [5.74, 6) is 0.115. The first-order chi connectivity index (χ1) is 9.13. The van der Waals surface area contributed by atoms with Gasteiger partial charge in [-0.05, 0) is 36.9 Å². The van der Waals surface area contributed by atoms with Crippen LogP contribution in [0.5, 0.6) is 0 Å². The number of anilines is 1. The molecule has 1 aromatic carbocycles. The molecule has 1 heterocycles. The normalized spacial score (nSPS) is 11.0. The van der Waals surface area contributed by atoms with E-state index >= 15 is 0 Å². The van der Waals surface area contributed by atoms with Gasteiger partial charge >= 0.3 is 0 Å². The Kier molecular flexibility index (Phi) is 4.83. The third-order valence-corrected chi connectivity index (χ3v) is 4.18. The van der Waals surface area contributed by atoms with E-state index in [1.165, 1.54) is 10.9 Å². The third kappa shape index (κ3) is 3.28. The summed E-state index contributed by atoms with van der Waals surface area (Å²) in [5, 5.41) is 2.04. The molecule has 2 rings (SSSR count). The van der Waals surface area contributed by atoms with Crippen LogP contribution in [0.25, 0.3) is 0 Å². The number of halogens is 2. The largest absolute Gasteiger partial charge is 0.361 e. The summed E-state index contributed by atoms with van der Waals surface area (Å²) < 4.78 is 14.2. The van der Waals surface area contributed by atoms with Gasteiger partial charge in [-0.2, -0.15) is 0 Å². The lowest BCUT2D eigenvalue weighted by Crippen LogP contribution is -2.31. The second-order valence-electron chi connectivity index (χ2n) is 4.68. The van der Waals surface area contributed by atoms with E-state index < -0.39 is 0 Å². The van der Waals surface area contributed by atoms with E-state index in [2.05, 4.69) is 24.8 Å². The van der Waals surface area contributed by atoms with Crippen molar-refractivity contribution in [2.45, 2.75) is 32.3 Å². The van der Waals surface area contributed by atoms with Crippen LogP contribution in [-0.2, 0) is 12.4 Å².